The number of fused-ring (bicyclic) bond motifs is 1. The van der Waals surface area contributed by atoms with Gasteiger partial charge in [0, 0.05) is 38.1 Å². The number of likely N-dealkylation sites (tertiary alicyclic amines) is 1. The largest absolute Gasteiger partial charge is 0.326 e. The molecule has 1 atom stereocenters. The third-order valence-corrected chi connectivity index (χ3v) is 3.11. The van der Waals surface area contributed by atoms with E-state index in [4.69, 9.17) is 5.73 Å². The first kappa shape index (κ1) is 9.81. The van der Waals surface area contributed by atoms with Crippen molar-refractivity contribution >= 4 is 5.65 Å². The molecule has 3 rings (SSSR count). The van der Waals surface area contributed by atoms with E-state index in [1.54, 1.807) is 0 Å². The number of hydrogen-bond donors (Lipinski definition) is 1. The van der Waals surface area contributed by atoms with Crippen LogP contribution < -0.4 is 5.73 Å². The molecule has 4 heteroatoms. The molecule has 1 aliphatic rings. The summed E-state index contributed by atoms with van der Waals surface area (Å²) in [6.07, 6.45) is 5.23. The average molecular weight is 216 g/mol. The molecular formula is C12H16N4. The topological polar surface area (TPSA) is 46.6 Å². The van der Waals surface area contributed by atoms with E-state index in [2.05, 4.69) is 20.5 Å². The molecule has 4 nitrogen and oxygen atoms in total. The fourth-order valence-electron chi connectivity index (χ4n) is 2.30. The van der Waals surface area contributed by atoms with Gasteiger partial charge in [0.1, 0.15) is 5.65 Å². The molecule has 1 aliphatic heterocycles. The van der Waals surface area contributed by atoms with Crippen molar-refractivity contribution in [2.75, 3.05) is 13.1 Å². The minimum Gasteiger partial charge on any atom is -0.326 e. The van der Waals surface area contributed by atoms with E-state index in [9.17, 15) is 0 Å². The fourth-order valence-corrected chi connectivity index (χ4v) is 2.30. The van der Waals surface area contributed by atoms with Crippen molar-refractivity contribution in [1.29, 1.82) is 0 Å². The summed E-state index contributed by atoms with van der Waals surface area (Å²) in [7, 11) is 0. The Bertz CT molecular complexity index is 457. The number of imidazole rings is 1. The summed E-state index contributed by atoms with van der Waals surface area (Å²) < 4.78 is 2.06. The van der Waals surface area contributed by atoms with Crippen molar-refractivity contribution in [3.63, 3.8) is 0 Å². The maximum atomic E-state index is 5.89. The van der Waals surface area contributed by atoms with Crippen LogP contribution in [0.15, 0.2) is 30.6 Å². The molecule has 2 aromatic heterocycles. The monoisotopic (exact) mass is 216 g/mol. The van der Waals surface area contributed by atoms with E-state index in [0.29, 0.717) is 6.04 Å². The highest BCUT2D eigenvalue weighted by Gasteiger charge is 2.19. The smallest absolute Gasteiger partial charge is 0.137 e. The molecule has 0 aromatic carbocycles. The Kier molecular flexibility index (Phi) is 2.38. The minimum atomic E-state index is 0.344. The number of pyridine rings is 1. The zero-order valence-corrected chi connectivity index (χ0v) is 9.21. The third-order valence-electron chi connectivity index (χ3n) is 3.11. The lowest BCUT2D eigenvalue weighted by atomic mass is 10.3. The number of rotatable bonds is 2. The summed E-state index contributed by atoms with van der Waals surface area (Å²) in [6, 6.07) is 6.40. The third kappa shape index (κ3) is 1.81. The van der Waals surface area contributed by atoms with Crippen LogP contribution >= 0.6 is 0 Å². The van der Waals surface area contributed by atoms with Gasteiger partial charge in [-0.15, -0.1) is 0 Å². The second-order valence-electron chi connectivity index (χ2n) is 4.48. The number of hydrogen-bond acceptors (Lipinski definition) is 3. The van der Waals surface area contributed by atoms with Crippen molar-refractivity contribution < 1.29 is 0 Å². The fraction of sp³-hybridized carbons (Fsp3) is 0.417. The Morgan fingerprint density at radius 2 is 2.38 bits per heavy atom. The lowest BCUT2D eigenvalue weighted by molar-refractivity contribution is 0.323. The van der Waals surface area contributed by atoms with Crippen molar-refractivity contribution in [3.8, 4) is 0 Å². The van der Waals surface area contributed by atoms with Gasteiger partial charge in [0.05, 0.1) is 5.69 Å². The van der Waals surface area contributed by atoms with Gasteiger partial charge in [-0.3, -0.25) is 4.90 Å². The van der Waals surface area contributed by atoms with Gasteiger partial charge in [0.25, 0.3) is 0 Å². The lowest BCUT2D eigenvalue weighted by Gasteiger charge is -2.12. The molecule has 0 spiro atoms. The Morgan fingerprint density at radius 1 is 1.44 bits per heavy atom. The van der Waals surface area contributed by atoms with Crippen LogP contribution in [0.25, 0.3) is 5.65 Å². The highest BCUT2D eigenvalue weighted by molar-refractivity contribution is 5.39. The Morgan fingerprint density at radius 3 is 3.12 bits per heavy atom. The molecular weight excluding hydrogens is 200 g/mol. The molecule has 0 saturated carbocycles. The summed E-state index contributed by atoms with van der Waals surface area (Å²) >= 11 is 0. The van der Waals surface area contributed by atoms with Crippen LogP contribution in [0.4, 0.5) is 0 Å². The first-order chi connectivity index (χ1) is 7.81. The summed E-state index contributed by atoms with van der Waals surface area (Å²) in [5.41, 5.74) is 8.03. The van der Waals surface area contributed by atoms with Crippen LogP contribution in [0.2, 0.25) is 0 Å². The average Bonchev–Trinajstić information content (AvgIpc) is 2.84. The molecule has 0 amide bonds. The van der Waals surface area contributed by atoms with Crippen LogP contribution in [0.5, 0.6) is 0 Å². The van der Waals surface area contributed by atoms with E-state index in [1.807, 2.05) is 24.4 Å². The molecule has 3 heterocycles. The molecule has 0 radical (unpaired) electrons. The second kappa shape index (κ2) is 3.88. The second-order valence-corrected chi connectivity index (χ2v) is 4.48. The molecule has 1 saturated heterocycles. The predicted octanol–water partition coefficient (Wildman–Crippen LogP) is 0.867. The van der Waals surface area contributed by atoms with Crippen molar-refractivity contribution in [2.45, 2.75) is 19.0 Å². The molecule has 0 bridgehead atoms. The number of aromatic nitrogens is 2. The van der Waals surface area contributed by atoms with Crippen molar-refractivity contribution in [2.24, 2.45) is 5.73 Å². The molecule has 1 unspecified atom stereocenters. The van der Waals surface area contributed by atoms with E-state index in [-0.39, 0.29) is 0 Å². The van der Waals surface area contributed by atoms with Crippen LogP contribution in [-0.2, 0) is 6.54 Å². The standard InChI is InChI=1S/C12H16N4/c13-10-4-6-15(7-10)8-11-9-16-5-2-1-3-12(16)14-11/h1-3,5,9-10H,4,6-8,13H2. The van der Waals surface area contributed by atoms with Gasteiger partial charge in [-0.1, -0.05) is 6.07 Å². The van der Waals surface area contributed by atoms with Crippen LogP contribution in [-0.4, -0.2) is 33.4 Å². The lowest BCUT2D eigenvalue weighted by Crippen LogP contribution is -2.26. The molecule has 2 aromatic rings. The predicted molar refractivity (Wildman–Crippen MR) is 63.1 cm³/mol. The van der Waals surface area contributed by atoms with Gasteiger partial charge in [-0.25, -0.2) is 4.98 Å². The summed E-state index contributed by atoms with van der Waals surface area (Å²) in [5, 5.41) is 0. The molecule has 1 fully saturated rings. The van der Waals surface area contributed by atoms with Gasteiger partial charge >= 0.3 is 0 Å². The van der Waals surface area contributed by atoms with Crippen molar-refractivity contribution in [3.05, 3.63) is 36.3 Å². The zero-order valence-electron chi connectivity index (χ0n) is 9.21. The van der Waals surface area contributed by atoms with Crippen LogP contribution in [0, 0.1) is 0 Å². The Hall–Kier alpha value is -1.39. The van der Waals surface area contributed by atoms with Crippen LogP contribution in [0.3, 0.4) is 0 Å². The summed E-state index contributed by atoms with van der Waals surface area (Å²) in [4.78, 5) is 6.95. The Balaban J connectivity index is 1.79. The maximum absolute atomic E-state index is 5.89. The molecule has 2 N–H and O–H groups in total. The first-order valence-corrected chi connectivity index (χ1v) is 5.72. The number of nitrogens with zero attached hydrogens (tertiary/aromatic N) is 3. The van der Waals surface area contributed by atoms with Crippen LogP contribution in [0.1, 0.15) is 12.1 Å². The normalized spacial score (nSPS) is 21.9. The quantitative estimate of drug-likeness (QED) is 0.810. The van der Waals surface area contributed by atoms with Crippen molar-refractivity contribution in [1.82, 2.24) is 14.3 Å². The SMILES string of the molecule is NC1CCN(Cc2cn3ccccc3n2)C1. The van der Waals surface area contributed by atoms with E-state index >= 15 is 0 Å². The van der Waals surface area contributed by atoms with Gasteiger partial charge < -0.3 is 10.1 Å². The van der Waals surface area contributed by atoms with Gasteiger partial charge in [-0.05, 0) is 18.6 Å². The molecule has 16 heavy (non-hydrogen) atoms. The summed E-state index contributed by atoms with van der Waals surface area (Å²) in [5.74, 6) is 0. The first-order valence-electron chi connectivity index (χ1n) is 5.72. The van der Waals surface area contributed by atoms with E-state index < -0.39 is 0 Å². The maximum Gasteiger partial charge on any atom is 0.137 e. The highest BCUT2D eigenvalue weighted by Crippen LogP contribution is 2.12. The molecule has 84 valence electrons. The van der Waals surface area contributed by atoms with E-state index in [1.165, 1.54) is 0 Å². The highest BCUT2D eigenvalue weighted by atomic mass is 15.2. The van der Waals surface area contributed by atoms with Gasteiger partial charge in [-0.2, -0.15) is 0 Å². The minimum absolute atomic E-state index is 0.344. The zero-order chi connectivity index (χ0) is 11.0. The number of nitrogens with two attached hydrogens (primary N) is 1. The summed E-state index contributed by atoms with van der Waals surface area (Å²) in [6.45, 7) is 3.00. The van der Waals surface area contributed by atoms with Gasteiger partial charge in [0.15, 0.2) is 0 Å². The van der Waals surface area contributed by atoms with Gasteiger partial charge in [0.2, 0.25) is 0 Å². The van der Waals surface area contributed by atoms with E-state index in [0.717, 1.165) is 37.4 Å². The Labute approximate surface area is 94.7 Å². The molecule has 0 aliphatic carbocycles.